The molecule has 1 heterocycles. The number of aliphatic carboxylic acids is 1. The Bertz CT molecular complexity index is 152. The van der Waals surface area contributed by atoms with E-state index in [1.165, 1.54) is 0 Å². The van der Waals surface area contributed by atoms with Crippen molar-refractivity contribution in [1.29, 1.82) is 0 Å². The molecule has 1 aliphatic heterocycles. The van der Waals surface area contributed by atoms with Crippen molar-refractivity contribution in [2.75, 3.05) is 19.6 Å². The van der Waals surface area contributed by atoms with Crippen LogP contribution in [0.2, 0.25) is 0 Å². The molecule has 1 unspecified atom stereocenters. The number of carbonyl (C=O) groups is 1. The van der Waals surface area contributed by atoms with Crippen LogP contribution in [0.15, 0.2) is 0 Å². The predicted octanol–water partition coefficient (Wildman–Crippen LogP) is 1.22. The molecular weight excluding hydrogens is 178 g/mol. The highest BCUT2D eigenvalue weighted by atomic mass is 35.5. The zero-order chi connectivity index (χ0) is 8.27. The quantitative estimate of drug-likeness (QED) is 0.717. The summed E-state index contributed by atoms with van der Waals surface area (Å²) in [7, 11) is 0. The average molecular weight is 194 g/mol. The van der Waals surface area contributed by atoms with E-state index in [2.05, 4.69) is 11.8 Å². The second-order valence-corrected chi connectivity index (χ2v) is 3.07. The number of nitrogens with zero attached hydrogens (tertiary/aromatic N) is 1. The molecule has 0 aliphatic carbocycles. The highest BCUT2D eigenvalue weighted by molar-refractivity contribution is 5.85. The molecule has 0 saturated carbocycles. The van der Waals surface area contributed by atoms with E-state index in [4.69, 9.17) is 5.11 Å². The number of piperidine rings is 1. The van der Waals surface area contributed by atoms with Gasteiger partial charge in [0.25, 0.3) is 0 Å². The molecule has 3 nitrogen and oxygen atoms in total. The molecule has 0 aromatic carbocycles. The van der Waals surface area contributed by atoms with Gasteiger partial charge >= 0.3 is 5.97 Å². The van der Waals surface area contributed by atoms with Crippen LogP contribution in [0.1, 0.15) is 19.8 Å². The zero-order valence-corrected chi connectivity index (χ0v) is 8.14. The van der Waals surface area contributed by atoms with Crippen LogP contribution >= 0.6 is 12.4 Å². The van der Waals surface area contributed by atoms with E-state index < -0.39 is 5.97 Å². The number of hydrogen-bond acceptors (Lipinski definition) is 2. The van der Waals surface area contributed by atoms with E-state index in [1.54, 1.807) is 0 Å². The van der Waals surface area contributed by atoms with Gasteiger partial charge in [0.2, 0.25) is 0 Å². The Labute approximate surface area is 79.2 Å². The number of carboxylic acids is 1. The lowest BCUT2D eigenvalue weighted by molar-refractivity contribution is -0.143. The van der Waals surface area contributed by atoms with Crippen molar-refractivity contribution in [2.45, 2.75) is 19.8 Å². The summed E-state index contributed by atoms with van der Waals surface area (Å²) in [5.74, 6) is -0.758. The number of rotatable bonds is 2. The van der Waals surface area contributed by atoms with Gasteiger partial charge in [-0.25, -0.2) is 0 Å². The SMILES string of the molecule is CCN1CCCC(C(=O)O)C1.Cl. The fourth-order valence-corrected chi connectivity index (χ4v) is 1.54. The molecule has 1 atom stereocenters. The molecular formula is C8H16ClNO2. The zero-order valence-electron chi connectivity index (χ0n) is 7.32. The molecule has 1 saturated heterocycles. The third-order valence-electron chi connectivity index (χ3n) is 2.30. The third-order valence-corrected chi connectivity index (χ3v) is 2.30. The van der Waals surface area contributed by atoms with Crippen molar-refractivity contribution in [3.05, 3.63) is 0 Å². The van der Waals surface area contributed by atoms with Crippen molar-refractivity contribution in [3.8, 4) is 0 Å². The Balaban J connectivity index is 0.00000121. The predicted molar refractivity (Wildman–Crippen MR) is 49.7 cm³/mol. The Kier molecular flexibility index (Phi) is 5.25. The van der Waals surface area contributed by atoms with Crippen LogP contribution in [-0.4, -0.2) is 35.6 Å². The summed E-state index contributed by atoms with van der Waals surface area (Å²) >= 11 is 0. The lowest BCUT2D eigenvalue weighted by atomic mass is 9.98. The molecule has 1 fully saturated rings. The number of carboxylic acid groups (broad SMARTS) is 1. The molecule has 12 heavy (non-hydrogen) atoms. The molecule has 72 valence electrons. The topological polar surface area (TPSA) is 40.5 Å². The minimum Gasteiger partial charge on any atom is -0.481 e. The fraction of sp³-hybridized carbons (Fsp3) is 0.875. The Morgan fingerprint density at radius 3 is 2.83 bits per heavy atom. The monoisotopic (exact) mass is 193 g/mol. The maximum Gasteiger partial charge on any atom is 0.307 e. The van der Waals surface area contributed by atoms with Crippen LogP contribution in [0, 0.1) is 5.92 Å². The Morgan fingerprint density at radius 2 is 2.33 bits per heavy atom. The Hall–Kier alpha value is -0.280. The van der Waals surface area contributed by atoms with Gasteiger partial charge < -0.3 is 10.0 Å². The fourth-order valence-electron chi connectivity index (χ4n) is 1.54. The summed E-state index contributed by atoms with van der Waals surface area (Å²) in [5, 5.41) is 8.72. The molecule has 0 aromatic rings. The Morgan fingerprint density at radius 1 is 1.67 bits per heavy atom. The first kappa shape index (κ1) is 11.7. The molecule has 1 N–H and O–H groups in total. The van der Waals surface area contributed by atoms with Gasteiger partial charge in [0.05, 0.1) is 5.92 Å². The van der Waals surface area contributed by atoms with Crippen LogP contribution in [0.5, 0.6) is 0 Å². The van der Waals surface area contributed by atoms with Crippen molar-refractivity contribution in [2.24, 2.45) is 5.92 Å². The summed E-state index contributed by atoms with van der Waals surface area (Å²) < 4.78 is 0. The second-order valence-electron chi connectivity index (χ2n) is 3.07. The molecule has 0 amide bonds. The molecule has 0 spiro atoms. The van der Waals surface area contributed by atoms with Gasteiger partial charge in [-0.05, 0) is 25.9 Å². The lowest BCUT2D eigenvalue weighted by Crippen LogP contribution is -2.38. The number of hydrogen-bond donors (Lipinski definition) is 1. The van der Waals surface area contributed by atoms with E-state index >= 15 is 0 Å². The molecule has 0 radical (unpaired) electrons. The highest BCUT2D eigenvalue weighted by Gasteiger charge is 2.23. The van der Waals surface area contributed by atoms with Gasteiger partial charge in [-0.1, -0.05) is 6.92 Å². The first-order valence-electron chi connectivity index (χ1n) is 4.19. The van der Waals surface area contributed by atoms with Gasteiger partial charge in [0, 0.05) is 6.54 Å². The van der Waals surface area contributed by atoms with Crippen LogP contribution in [-0.2, 0) is 4.79 Å². The summed E-state index contributed by atoms with van der Waals surface area (Å²) in [6, 6.07) is 0. The summed E-state index contributed by atoms with van der Waals surface area (Å²) in [4.78, 5) is 12.8. The van der Waals surface area contributed by atoms with E-state index in [0.29, 0.717) is 0 Å². The van der Waals surface area contributed by atoms with E-state index in [9.17, 15) is 4.79 Å². The molecule has 4 heteroatoms. The van der Waals surface area contributed by atoms with Gasteiger partial charge in [-0.2, -0.15) is 0 Å². The van der Waals surface area contributed by atoms with Crippen LogP contribution in [0.3, 0.4) is 0 Å². The van der Waals surface area contributed by atoms with Crippen LogP contribution < -0.4 is 0 Å². The highest BCUT2D eigenvalue weighted by Crippen LogP contribution is 2.15. The smallest absolute Gasteiger partial charge is 0.307 e. The van der Waals surface area contributed by atoms with Crippen molar-refractivity contribution >= 4 is 18.4 Å². The van der Waals surface area contributed by atoms with Crippen molar-refractivity contribution in [1.82, 2.24) is 4.90 Å². The van der Waals surface area contributed by atoms with E-state index in [-0.39, 0.29) is 18.3 Å². The second kappa shape index (κ2) is 5.38. The van der Waals surface area contributed by atoms with Gasteiger partial charge in [-0.3, -0.25) is 4.79 Å². The van der Waals surface area contributed by atoms with Crippen molar-refractivity contribution < 1.29 is 9.90 Å². The maximum atomic E-state index is 10.6. The standard InChI is InChI=1S/C8H15NO2.ClH/c1-2-9-5-3-4-7(6-9)8(10)11;/h7H,2-6H2,1H3,(H,10,11);1H. The normalized spacial score (nSPS) is 24.6. The summed E-state index contributed by atoms with van der Waals surface area (Å²) in [5.41, 5.74) is 0. The lowest BCUT2D eigenvalue weighted by Gasteiger charge is -2.29. The maximum absolute atomic E-state index is 10.6. The first-order chi connectivity index (χ1) is 5.24. The van der Waals surface area contributed by atoms with E-state index in [1.807, 2.05) is 0 Å². The molecule has 1 aliphatic rings. The van der Waals surface area contributed by atoms with Crippen molar-refractivity contribution in [3.63, 3.8) is 0 Å². The summed E-state index contributed by atoms with van der Waals surface area (Å²) in [6.45, 7) is 4.86. The first-order valence-corrected chi connectivity index (χ1v) is 4.19. The van der Waals surface area contributed by atoms with Crippen LogP contribution in [0.25, 0.3) is 0 Å². The van der Waals surface area contributed by atoms with Gasteiger partial charge in [0.1, 0.15) is 0 Å². The van der Waals surface area contributed by atoms with E-state index in [0.717, 1.165) is 32.5 Å². The van der Waals surface area contributed by atoms with Gasteiger partial charge in [-0.15, -0.1) is 12.4 Å². The van der Waals surface area contributed by atoms with Gasteiger partial charge in [0.15, 0.2) is 0 Å². The minimum absolute atomic E-state index is 0. The molecule has 0 bridgehead atoms. The number of likely N-dealkylation sites (tertiary alicyclic amines) is 1. The van der Waals surface area contributed by atoms with Crippen LogP contribution in [0.4, 0.5) is 0 Å². The number of halogens is 1. The molecule has 0 aromatic heterocycles. The largest absolute Gasteiger partial charge is 0.481 e. The minimum atomic E-state index is -0.636. The third kappa shape index (κ3) is 2.99. The summed E-state index contributed by atoms with van der Waals surface area (Å²) in [6.07, 6.45) is 1.89. The molecule has 1 rings (SSSR count). The average Bonchev–Trinajstić information content (AvgIpc) is 2.05.